The van der Waals surface area contributed by atoms with Gasteiger partial charge in [0.15, 0.2) is 0 Å². The van der Waals surface area contributed by atoms with Crippen LogP contribution in [0.25, 0.3) is 10.9 Å². The van der Waals surface area contributed by atoms with Crippen LogP contribution in [0.3, 0.4) is 0 Å². The van der Waals surface area contributed by atoms with Crippen molar-refractivity contribution in [2.24, 2.45) is 5.92 Å². The van der Waals surface area contributed by atoms with Crippen LogP contribution in [0.1, 0.15) is 43.0 Å². The lowest BCUT2D eigenvalue weighted by molar-refractivity contribution is 0.0939. The number of carbonyl (C=O) groups excluding carboxylic acids is 1. The number of rotatable bonds is 8. The molecule has 1 heterocycles. The number of nitrogens with zero attached hydrogens (tertiary/aromatic N) is 2. The average Bonchev–Trinajstić information content (AvgIpc) is 2.83. The molecule has 0 spiro atoms. The molecule has 1 aliphatic carbocycles. The molecule has 1 aromatic heterocycles. The summed E-state index contributed by atoms with van der Waals surface area (Å²) < 4.78 is 5.59. The normalized spacial score (nSPS) is 18.0. The van der Waals surface area contributed by atoms with Gasteiger partial charge in [-0.15, -0.1) is 0 Å². The van der Waals surface area contributed by atoms with Crippen molar-refractivity contribution in [2.75, 3.05) is 37.5 Å². The Hall–Kier alpha value is -3.28. The number of hydrogen-bond acceptors (Lipinski definition) is 5. The van der Waals surface area contributed by atoms with Crippen LogP contribution in [0.15, 0.2) is 54.6 Å². The molecule has 1 saturated carbocycles. The summed E-state index contributed by atoms with van der Waals surface area (Å²) in [4.78, 5) is 19.6. The number of anilines is 2. The first-order valence-corrected chi connectivity index (χ1v) is 11.9. The Labute approximate surface area is 196 Å². The Balaban J connectivity index is 1.31. The second-order valence-corrected chi connectivity index (χ2v) is 8.94. The molecule has 1 amide bonds. The molecule has 0 aliphatic heterocycles. The zero-order chi connectivity index (χ0) is 23.2. The molecule has 174 valence electrons. The van der Waals surface area contributed by atoms with Gasteiger partial charge < -0.3 is 20.3 Å². The van der Waals surface area contributed by atoms with Gasteiger partial charge in [-0.3, -0.25) is 4.79 Å². The fourth-order valence-corrected chi connectivity index (χ4v) is 4.59. The summed E-state index contributed by atoms with van der Waals surface area (Å²) in [5.41, 5.74) is 2.79. The molecule has 6 heteroatoms. The lowest BCUT2D eigenvalue weighted by atomic mass is 9.86. The van der Waals surface area contributed by atoms with E-state index in [4.69, 9.17) is 9.72 Å². The Morgan fingerprint density at radius 2 is 1.79 bits per heavy atom. The van der Waals surface area contributed by atoms with Crippen LogP contribution in [0, 0.1) is 5.92 Å². The number of carbonyl (C=O) groups is 1. The molecule has 4 rings (SSSR count). The predicted molar refractivity (Wildman–Crippen MR) is 135 cm³/mol. The Morgan fingerprint density at radius 3 is 2.55 bits per heavy atom. The highest BCUT2D eigenvalue weighted by Gasteiger charge is 2.23. The Morgan fingerprint density at radius 1 is 1.06 bits per heavy atom. The molecule has 0 bridgehead atoms. The third-order valence-corrected chi connectivity index (χ3v) is 6.36. The van der Waals surface area contributed by atoms with Gasteiger partial charge in [-0.1, -0.05) is 30.3 Å². The second kappa shape index (κ2) is 10.6. The van der Waals surface area contributed by atoms with Crippen molar-refractivity contribution in [1.29, 1.82) is 0 Å². The zero-order valence-corrected chi connectivity index (χ0v) is 19.8. The Bertz CT molecular complexity index is 1090. The maximum Gasteiger partial charge on any atom is 0.255 e. The summed E-state index contributed by atoms with van der Waals surface area (Å²) >= 11 is 0. The molecule has 0 unspecified atom stereocenters. The molecule has 33 heavy (non-hydrogen) atoms. The number of para-hydroxylation sites is 2. The highest BCUT2D eigenvalue weighted by molar-refractivity contribution is 5.97. The number of nitrogens with one attached hydrogen (secondary N) is 2. The van der Waals surface area contributed by atoms with Crippen LogP contribution in [-0.4, -0.2) is 44.2 Å². The number of pyridine rings is 1. The summed E-state index contributed by atoms with van der Waals surface area (Å²) in [6.07, 6.45) is 4.31. The molecular formula is C27H34N4O2. The number of aromatic nitrogens is 1. The molecule has 0 radical (unpaired) electrons. The molecule has 0 atom stereocenters. The molecule has 2 aromatic carbocycles. The quantitative estimate of drug-likeness (QED) is 0.504. The number of fused-ring (bicyclic) bond motifs is 1. The van der Waals surface area contributed by atoms with E-state index in [1.54, 1.807) is 0 Å². The number of benzene rings is 2. The molecule has 3 aromatic rings. The third kappa shape index (κ3) is 5.56. The van der Waals surface area contributed by atoms with Crippen molar-refractivity contribution in [1.82, 2.24) is 10.3 Å². The molecule has 1 aliphatic rings. The number of hydrogen-bond donors (Lipinski definition) is 2. The van der Waals surface area contributed by atoms with Crippen LogP contribution in [-0.2, 0) is 0 Å². The summed E-state index contributed by atoms with van der Waals surface area (Å²) in [6, 6.07) is 18.2. The summed E-state index contributed by atoms with van der Waals surface area (Å²) in [6.45, 7) is 3.17. The van der Waals surface area contributed by atoms with Crippen molar-refractivity contribution in [3.63, 3.8) is 0 Å². The second-order valence-electron chi connectivity index (χ2n) is 8.94. The molecule has 0 saturated heterocycles. The van der Waals surface area contributed by atoms with Gasteiger partial charge in [0.2, 0.25) is 0 Å². The average molecular weight is 447 g/mol. The predicted octanol–water partition coefficient (Wildman–Crippen LogP) is 5.10. The van der Waals surface area contributed by atoms with E-state index in [0.29, 0.717) is 36.4 Å². The van der Waals surface area contributed by atoms with E-state index in [1.807, 2.05) is 37.3 Å². The van der Waals surface area contributed by atoms with Gasteiger partial charge >= 0.3 is 0 Å². The number of ether oxygens (including phenoxy) is 1. The SMILES string of the molecule is CCOc1ccccc1C(=O)NC[C@H]1CC[C@@H](Nc2cc(N(C)C)c3ccccc3n2)CC1. The highest BCUT2D eigenvalue weighted by Crippen LogP contribution is 2.30. The first kappa shape index (κ1) is 22.9. The monoisotopic (exact) mass is 446 g/mol. The fourth-order valence-electron chi connectivity index (χ4n) is 4.59. The van der Waals surface area contributed by atoms with Crippen molar-refractivity contribution < 1.29 is 9.53 Å². The Kier molecular flexibility index (Phi) is 7.33. The van der Waals surface area contributed by atoms with Crippen molar-refractivity contribution in [2.45, 2.75) is 38.6 Å². The highest BCUT2D eigenvalue weighted by atomic mass is 16.5. The van der Waals surface area contributed by atoms with E-state index in [9.17, 15) is 4.79 Å². The molecule has 1 fully saturated rings. The van der Waals surface area contributed by atoms with E-state index in [-0.39, 0.29) is 5.91 Å². The van der Waals surface area contributed by atoms with E-state index in [1.165, 1.54) is 11.1 Å². The van der Waals surface area contributed by atoms with Gasteiger partial charge in [0.05, 0.1) is 17.7 Å². The van der Waals surface area contributed by atoms with E-state index < -0.39 is 0 Å². The standard InChI is InChI=1S/C27H34N4O2/c1-4-33-25-12-8-6-10-22(25)27(32)28-18-19-13-15-20(16-14-19)29-26-17-24(31(2)3)21-9-5-7-11-23(21)30-26/h5-12,17,19-20H,4,13-16,18H2,1-3H3,(H,28,32)(H,29,30)/t19-,20+. The lowest BCUT2D eigenvalue weighted by Gasteiger charge is -2.30. The van der Waals surface area contributed by atoms with Crippen molar-refractivity contribution >= 4 is 28.3 Å². The van der Waals surface area contributed by atoms with Crippen molar-refractivity contribution in [3.05, 3.63) is 60.2 Å². The third-order valence-electron chi connectivity index (χ3n) is 6.36. The van der Waals surface area contributed by atoms with Crippen molar-refractivity contribution in [3.8, 4) is 5.75 Å². The first-order chi connectivity index (χ1) is 16.0. The minimum atomic E-state index is -0.0594. The molecule has 6 nitrogen and oxygen atoms in total. The van der Waals surface area contributed by atoms with E-state index >= 15 is 0 Å². The van der Waals surface area contributed by atoms with Gasteiger partial charge in [0.1, 0.15) is 11.6 Å². The van der Waals surface area contributed by atoms with Gasteiger partial charge in [0.25, 0.3) is 5.91 Å². The van der Waals surface area contributed by atoms with Crippen LogP contribution >= 0.6 is 0 Å². The lowest BCUT2D eigenvalue weighted by Crippen LogP contribution is -2.34. The van der Waals surface area contributed by atoms with E-state index in [2.05, 4.69) is 53.9 Å². The maximum atomic E-state index is 12.7. The molecule has 2 N–H and O–H groups in total. The van der Waals surface area contributed by atoms with Crippen LogP contribution in [0.5, 0.6) is 5.75 Å². The fraction of sp³-hybridized carbons (Fsp3) is 0.407. The van der Waals surface area contributed by atoms with Gasteiger partial charge in [-0.25, -0.2) is 4.98 Å². The van der Waals surface area contributed by atoms with Crippen LogP contribution in [0.2, 0.25) is 0 Å². The zero-order valence-electron chi connectivity index (χ0n) is 19.8. The molecular weight excluding hydrogens is 412 g/mol. The van der Waals surface area contributed by atoms with Gasteiger partial charge in [-0.05, 0) is 56.7 Å². The van der Waals surface area contributed by atoms with Gasteiger partial charge in [0, 0.05) is 43.8 Å². The summed E-state index contributed by atoms with van der Waals surface area (Å²) in [5, 5.41) is 7.94. The maximum absolute atomic E-state index is 12.7. The first-order valence-electron chi connectivity index (χ1n) is 11.9. The van der Waals surface area contributed by atoms with Gasteiger partial charge in [-0.2, -0.15) is 0 Å². The van der Waals surface area contributed by atoms with Crippen LogP contribution < -0.4 is 20.3 Å². The van der Waals surface area contributed by atoms with Crippen LogP contribution in [0.4, 0.5) is 11.5 Å². The van der Waals surface area contributed by atoms with E-state index in [0.717, 1.165) is 37.0 Å². The topological polar surface area (TPSA) is 66.5 Å². The largest absolute Gasteiger partial charge is 0.493 e. The number of amides is 1. The summed E-state index contributed by atoms with van der Waals surface area (Å²) in [7, 11) is 4.13. The summed E-state index contributed by atoms with van der Waals surface area (Å²) in [5.74, 6) is 2.01. The minimum absolute atomic E-state index is 0.0594. The minimum Gasteiger partial charge on any atom is -0.493 e. The smallest absolute Gasteiger partial charge is 0.255 e.